The van der Waals surface area contributed by atoms with Crippen molar-refractivity contribution >= 4 is 0 Å². The highest BCUT2D eigenvalue weighted by atomic mass is 19.2. The molecule has 0 nitrogen and oxygen atoms in total. The largest absolute Gasteiger partial charge is 0.203 e. The summed E-state index contributed by atoms with van der Waals surface area (Å²) >= 11 is 0. The number of hydrogen-bond acceptors (Lipinski definition) is 0. The first-order valence-electron chi connectivity index (χ1n) is 11.5. The van der Waals surface area contributed by atoms with Gasteiger partial charge in [-0.25, -0.2) is 8.78 Å². The molecule has 2 aliphatic rings. The molecular weight excluding hydrogens is 350 g/mol. The standard InChI is InChI=1S/C26H36F2/c1-3-5-19-7-12-21(13-8-19)22-14-9-20(10-15-22)11-16-24-18-17-23(6-4-2)25(27)26(24)28/h17-22H,3,5,7-16H2,1-2H3/t19-,20?,21-,22?. The lowest BCUT2D eigenvalue weighted by molar-refractivity contribution is 0.141. The SMILES string of the molecule is CC#Cc1ccc(CCC2CCC([C@H]3CC[C@H](CCC)CC3)CC2)c(F)c1F. The number of benzene rings is 1. The Kier molecular flexibility index (Phi) is 7.95. The van der Waals surface area contributed by atoms with Crippen LogP contribution in [0.1, 0.15) is 95.6 Å². The van der Waals surface area contributed by atoms with Crippen LogP contribution in [0.5, 0.6) is 0 Å². The van der Waals surface area contributed by atoms with Crippen LogP contribution < -0.4 is 0 Å². The van der Waals surface area contributed by atoms with Crippen LogP contribution in [0.15, 0.2) is 12.1 Å². The monoisotopic (exact) mass is 386 g/mol. The molecule has 0 radical (unpaired) electrons. The molecule has 28 heavy (non-hydrogen) atoms. The van der Waals surface area contributed by atoms with Crippen molar-refractivity contribution in [2.75, 3.05) is 0 Å². The maximum atomic E-state index is 14.3. The summed E-state index contributed by atoms with van der Waals surface area (Å²) in [4.78, 5) is 0. The van der Waals surface area contributed by atoms with Crippen LogP contribution >= 0.6 is 0 Å². The minimum atomic E-state index is -0.783. The molecule has 0 bridgehead atoms. The molecule has 0 saturated heterocycles. The summed E-state index contributed by atoms with van der Waals surface area (Å²) in [6, 6.07) is 3.34. The summed E-state index contributed by atoms with van der Waals surface area (Å²) in [6.45, 7) is 3.94. The second kappa shape index (κ2) is 10.4. The summed E-state index contributed by atoms with van der Waals surface area (Å²) in [6.07, 6.45) is 15.4. The maximum Gasteiger partial charge on any atom is 0.174 e. The first-order chi connectivity index (χ1) is 13.6. The summed E-state index contributed by atoms with van der Waals surface area (Å²) in [5, 5.41) is 0. The Morgan fingerprint density at radius 1 is 0.821 bits per heavy atom. The molecule has 2 fully saturated rings. The van der Waals surface area contributed by atoms with Gasteiger partial charge in [-0.3, -0.25) is 0 Å². The quantitative estimate of drug-likeness (QED) is 0.440. The molecule has 0 spiro atoms. The van der Waals surface area contributed by atoms with Gasteiger partial charge >= 0.3 is 0 Å². The molecule has 0 amide bonds. The number of halogens is 2. The predicted molar refractivity (Wildman–Crippen MR) is 113 cm³/mol. The van der Waals surface area contributed by atoms with Gasteiger partial charge in [-0.15, -0.1) is 5.92 Å². The minimum Gasteiger partial charge on any atom is -0.203 e. The van der Waals surface area contributed by atoms with E-state index in [9.17, 15) is 8.78 Å². The molecule has 0 aromatic heterocycles. The summed E-state index contributed by atoms with van der Waals surface area (Å²) in [5.41, 5.74) is 0.674. The van der Waals surface area contributed by atoms with Crippen molar-refractivity contribution in [3.05, 3.63) is 34.9 Å². The third-order valence-corrected chi connectivity index (χ3v) is 7.39. The number of rotatable bonds is 6. The Labute approximate surface area is 170 Å². The molecule has 0 N–H and O–H groups in total. The first kappa shape index (κ1) is 21.4. The van der Waals surface area contributed by atoms with E-state index in [1.54, 1.807) is 19.1 Å². The van der Waals surface area contributed by atoms with Crippen molar-refractivity contribution in [2.45, 2.75) is 90.9 Å². The molecule has 1 aromatic rings. The Morgan fingerprint density at radius 3 is 1.93 bits per heavy atom. The molecule has 3 rings (SSSR count). The van der Waals surface area contributed by atoms with Gasteiger partial charge in [-0.1, -0.05) is 57.4 Å². The lowest BCUT2D eigenvalue weighted by atomic mass is 9.68. The number of hydrogen-bond donors (Lipinski definition) is 0. The van der Waals surface area contributed by atoms with Crippen molar-refractivity contribution in [3.8, 4) is 11.8 Å². The van der Waals surface area contributed by atoms with Gasteiger partial charge in [0.15, 0.2) is 11.6 Å². The minimum absolute atomic E-state index is 0.165. The first-order valence-corrected chi connectivity index (χ1v) is 11.5. The van der Waals surface area contributed by atoms with Gasteiger partial charge in [0.25, 0.3) is 0 Å². The molecule has 1 aromatic carbocycles. The fourth-order valence-electron chi connectivity index (χ4n) is 5.68. The lowest BCUT2D eigenvalue weighted by Crippen LogP contribution is -2.26. The fourth-order valence-corrected chi connectivity index (χ4v) is 5.68. The van der Waals surface area contributed by atoms with Gasteiger partial charge in [-0.2, -0.15) is 0 Å². The average Bonchev–Trinajstić information content (AvgIpc) is 2.72. The second-order valence-electron chi connectivity index (χ2n) is 9.16. The van der Waals surface area contributed by atoms with Crippen molar-refractivity contribution < 1.29 is 8.78 Å². The van der Waals surface area contributed by atoms with Crippen LogP contribution in [-0.2, 0) is 6.42 Å². The molecule has 2 heteroatoms. The summed E-state index contributed by atoms with van der Waals surface area (Å²) in [5.74, 6) is 7.32. The molecule has 0 unspecified atom stereocenters. The van der Waals surface area contributed by atoms with Crippen molar-refractivity contribution in [1.82, 2.24) is 0 Å². The van der Waals surface area contributed by atoms with E-state index in [-0.39, 0.29) is 5.56 Å². The molecule has 0 heterocycles. The normalized spacial score (nSPS) is 27.9. The van der Waals surface area contributed by atoms with Crippen LogP contribution in [0.4, 0.5) is 8.78 Å². The zero-order valence-corrected chi connectivity index (χ0v) is 17.7. The van der Waals surface area contributed by atoms with Crippen molar-refractivity contribution in [2.24, 2.45) is 23.7 Å². The van der Waals surface area contributed by atoms with E-state index in [1.807, 2.05) is 0 Å². The van der Waals surface area contributed by atoms with Crippen LogP contribution in [-0.4, -0.2) is 0 Å². The van der Waals surface area contributed by atoms with E-state index in [0.717, 1.165) is 24.2 Å². The van der Waals surface area contributed by atoms with E-state index in [0.29, 0.717) is 17.9 Å². The van der Waals surface area contributed by atoms with Gasteiger partial charge in [0.05, 0.1) is 5.56 Å². The van der Waals surface area contributed by atoms with Crippen LogP contribution in [0.3, 0.4) is 0 Å². The van der Waals surface area contributed by atoms with Crippen LogP contribution in [0, 0.1) is 47.1 Å². The molecule has 2 saturated carbocycles. The topological polar surface area (TPSA) is 0 Å². The smallest absolute Gasteiger partial charge is 0.174 e. The van der Waals surface area contributed by atoms with Crippen LogP contribution in [0.25, 0.3) is 0 Å². The van der Waals surface area contributed by atoms with Gasteiger partial charge in [0, 0.05) is 0 Å². The lowest BCUT2D eigenvalue weighted by Gasteiger charge is -2.38. The fraction of sp³-hybridized carbons (Fsp3) is 0.692. The predicted octanol–water partition coefficient (Wildman–Crippen LogP) is 7.68. The van der Waals surface area contributed by atoms with Gasteiger partial charge in [0.1, 0.15) is 0 Å². The van der Waals surface area contributed by atoms with E-state index in [1.165, 1.54) is 64.2 Å². The molecule has 0 atom stereocenters. The zero-order valence-electron chi connectivity index (χ0n) is 17.7. The Morgan fingerprint density at radius 2 is 1.39 bits per heavy atom. The van der Waals surface area contributed by atoms with Crippen molar-refractivity contribution in [3.63, 3.8) is 0 Å². The highest BCUT2D eigenvalue weighted by Crippen LogP contribution is 2.43. The second-order valence-corrected chi connectivity index (χ2v) is 9.16. The van der Waals surface area contributed by atoms with Crippen molar-refractivity contribution in [1.29, 1.82) is 0 Å². The van der Waals surface area contributed by atoms with E-state index >= 15 is 0 Å². The molecular formula is C26H36F2. The average molecular weight is 387 g/mol. The van der Waals surface area contributed by atoms with Crippen LogP contribution in [0.2, 0.25) is 0 Å². The Bertz CT molecular complexity index is 680. The number of aryl methyl sites for hydroxylation is 1. The molecule has 2 aliphatic carbocycles. The molecule has 154 valence electrons. The van der Waals surface area contributed by atoms with E-state index < -0.39 is 11.6 Å². The van der Waals surface area contributed by atoms with Gasteiger partial charge in [0.2, 0.25) is 0 Å². The van der Waals surface area contributed by atoms with E-state index in [4.69, 9.17) is 0 Å². The van der Waals surface area contributed by atoms with E-state index in [2.05, 4.69) is 18.8 Å². The highest BCUT2D eigenvalue weighted by Gasteiger charge is 2.30. The third kappa shape index (κ3) is 5.37. The Hall–Kier alpha value is -1.36. The zero-order chi connectivity index (χ0) is 19.9. The molecule has 0 aliphatic heterocycles. The van der Waals surface area contributed by atoms with Gasteiger partial charge in [-0.05, 0) is 80.8 Å². The van der Waals surface area contributed by atoms with Gasteiger partial charge < -0.3 is 0 Å². The summed E-state index contributed by atoms with van der Waals surface area (Å²) in [7, 11) is 0. The summed E-state index contributed by atoms with van der Waals surface area (Å²) < 4.78 is 28.4. The Balaban J connectivity index is 1.44. The highest BCUT2D eigenvalue weighted by molar-refractivity contribution is 5.38. The maximum absolute atomic E-state index is 14.3. The third-order valence-electron chi connectivity index (χ3n) is 7.39.